The maximum absolute atomic E-state index is 13.4. The number of fused-ring (bicyclic) bond motifs is 1. The first kappa shape index (κ1) is 20.0. The highest BCUT2D eigenvalue weighted by Gasteiger charge is 2.16. The van der Waals surface area contributed by atoms with E-state index in [1.807, 2.05) is 13.8 Å². The number of benzene rings is 2. The maximum Gasteiger partial charge on any atom is 0.241 e. The fourth-order valence-electron chi connectivity index (χ4n) is 2.79. The SMILES string of the molecule is CC(C)C[C@H](N)C(=O)Nc1ccc2ncnc(Nc3ccc(F)c(Cl)c3)c2c1. The average molecular weight is 402 g/mol. The van der Waals surface area contributed by atoms with E-state index in [-0.39, 0.29) is 10.9 Å². The van der Waals surface area contributed by atoms with Crippen LogP contribution in [0, 0.1) is 11.7 Å². The average Bonchev–Trinajstić information content (AvgIpc) is 2.64. The number of nitrogens with two attached hydrogens (primary N) is 1. The van der Waals surface area contributed by atoms with E-state index >= 15 is 0 Å². The fourth-order valence-corrected chi connectivity index (χ4v) is 2.98. The molecule has 1 atom stereocenters. The first-order chi connectivity index (χ1) is 13.3. The normalized spacial score (nSPS) is 12.2. The van der Waals surface area contributed by atoms with Crippen molar-refractivity contribution >= 4 is 45.6 Å². The Kier molecular flexibility index (Phi) is 6.06. The highest BCUT2D eigenvalue weighted by molar-refractivity contribution is 6.31. The minimum Gasteiger partial charge on any atom is -0.340 e. The number of rotatable bonds is 6. The second kappa shape index (κ2) is 8.50. The summed E-state index contributed by atoms with van der Waals surface area (Å²) < 4.78 is 13.4. The number of hydrogen-bond acceptors (Lipinski definition) is 5. The summed E-state index contributed by atoms with van der Waals surface area (Å²) in [7, 11) is 0. The molecule has 2 aromatic carbocycles. The summed E-state index contributed by atoms with van der Waals surface area (Å²) >= 11 is 5.84. The summed E-state index contributed by atoms with van der Waals surface area (Å²) in [6.07, 6.45) is 2.02. The van der Waals surface area contributed by atoms with Crippen LogP contribution in [0.25, 0.3) is 10.9 Å². The highest BCUT2D eigenvalue weighted by atomic mass is 35.5. The minimum atomic E-state index is -0.582. The highest BCUT2D eigenvalue weighted by Crippen LogP contribution is 2.27. The Labute approximate surface area is 167 Å². The molecule has 1 heterocycles. The van der Waals surface area contributed by atoms with E-state index in [9.17, 15) is 9.18 Å². The summed E-state index contributed by atoms with van der Waals surface area (Å²) in [4.78, 5) is 20.8. The molecule has 4 N–H and O–H groups in total. The number of aromatic nitrogens is 2. The lowest BCUT2D eigenvalue weighted by molar-refractivity contribution is -0.117. The lowest BCUT2D eigenvalue weighted by atomic mass is 10.0. The van der Waals surface area contributed by atoms with E-state index in [1.54, 1.807) is 24.3 Å². The van der Waals surface area contributed by atoms with E-state index in [1.165, 1.54) is 18.5 Å². The van der Waals surface area contributed by atoms with Crippen molar-refractivity contribution in [1.82, 2.24) is 9.97 Å². The number of nitrogens with zero attached hydrogens (tertiary/aromatic N) is 2. The molecule has 3 rings (SSSR count). The number of carbonyl (C=O) groups is 1. The summed E-state index contributed by atoms with van der Waals surface area (Å²) in [6, 6.07) is 9.03. The van der Waals surface area contributed by atoms with Gasteiger partial charge in [-0.2, -0.15) is 0 Å². The predicted molar refractivity (Wildman–Crippen MR) is 110 cm³/mol. The van der Waals surface area contributed by atoms with Crippen molar-refractivity contribution in [3.05, 3.63) is 53.6 Å². The van der Waals surface area contributed by atoms with Crippen LogP contribution in [0.3, 0.4) is 0 Å². The van der Waals surface area contributed by atoms with Crippen molar-refractivity contribution < 1.29 is 9.18 Å². The van der Waals surface area contributed by atoms with Crippen LogP contribution in [-0.2, 0) is 4.79 Å². The Bertz CT molecular complexity index is 1010. The quantitative estimate of drug-likeness (QED) is 0.566. The minimum absolute atomic E-state index is 0.00968. The van der Waals surface area contributed by atoms with Gasteiger partial charge in [-0.1, -0.05) is 25.4 Å². The number of carbonyl (C=O) groups excluding carboxylic acids is 1. The lowest BCUT2D eigenvalue weighted by Gasteiger charge is -2.15. The molecule has 0 saturated heterocycles. The summed E-state index contributed by atoms with van der Waals surface area (Å²) in [5.41, 5.74) is 7.81. The van der Waals surface area contributed by atoms with Crippen LogP contribution in [0.2, 0.25) is 5.02 Å². The lowest BCUT2D eigenvalue weighted by Crippen LogP contribution is -2.36. The molecule has 0 fully saturated rings. The van der Waals surface area contributed by atoms with Crippen molar-refractivity contribution in [2.75, 3.05) is 10.6 Å². The monoisotopic (exact) mass is 401 g/mol. The summed E-state index contributed by atoms with van der Waals surface area (Å²) in [5, 5.41) is 6.64. The van der Waals surface area contributed by atoms with Gasteiger partial charge in [-0.3, -0.25) is 4.79 Å². The summed E-state index contributed by atoms with van der Waals surface area (Å²) in [6.45, 7) is 4.03. The summed E-state index contributed by atoms with van der Waals surface area (Å²) in [5.74, 6) is 0.0894. The van der Waals surface area contributed by atoms with Gasteiger partial charge in [0.1, 0.15) is 18.0 Å². The molecular weight excluding hydrogens is 381 g/mol. The van der Waals surface area contributed by atoms with Crippen LogP contribution in [-0.4, -0.2) is 21.9 Å². The number of anilines is 3. The third kappa shape index (κ3) is 4.74. The molecule has 0 saturated carbocycles. The molecule has 146 valence electrons. The molecule has 8 heteroatoms. The zero-order valence-electron chi connectivity index (χ0n) is 15.5. The van der Waals surface area contributed by atoms with Gasteiger partial charge in [-0.05, 0) is 48.7 Å². The third-order valence-corrected chi connectivity index (χ3v) is 4.44. The Morgan fingerprint density at radius 1 is 1.18 bits per heavy atom. The number of hydrogen-bond donors (Lipinski definition) is 3. The molecule has 0 aliphatic rings. The predicted octanol–water partition coefficient (Wildman–Crippen LogP) is 4.48. The zero-order chi connectivity index (χ0) is 20.3. The van der Waals surface area contributed by atoms with Crippen LogP contribution in [0.1, 0.15) is 20.3 Å². The van der Waals surface area contributed by atoms with Gasteiger partial charge in [0.15, 0.2) is 0 Å². The van der Waals surface area contributed by atoms with E-state index in [4.69, 9.17) is 17.3 Å². The van der Waals surface area contributed by atoms with Crippen molar-refractivity contribution in [2.24, 2.45) is 11.7 Å². The molecule has 28 heavy (non-hydrogen) atoms. The molecule has 1 aromatic heterocycles. The van der Waals surface area contributed by atoms with Crippen LogP contribution in [0.15, 0.2) is 42.7 Å². The van der Waals surface area contributed by atoms with Gasteiger partial charge < -0.3 is 16.4 Å². The van der Waals surface area contributed by atoms with Crippen LogP contribution in [0.5, 0.6) is 0 Å². The number of amides is 1. The Morgan fingerprint density at radius 2 is 1.93 bits per heavy atom. The van der Waals surface area contributed by atoms with E-state index in [0.717, 1.165) is 0 Å². The Morgan fingerprint density at radius 3 is 2.64 bits per heavy atom. The van der Waals surface area contributed by atoms with E-state index in [0.29, 0.717) is 40.4 Å². The fraction of sp³-hybridized carbons (Fsp3) is 0.250. The van der Waals surface area contributed by atoms with Gasteiger partial charge in [0, 0.05) is 16.8 Å². The molecule has 0 bridgehead atoms. The van der Waals surface area contributed by atoms with Gasteiger partial charge >= 0.3 is 0 Å². The zero-order valence-corrected chi connectivity index (χ0v) is 16.3. The number of halogens is 2. The van der Waals surface area contributed by atoms with Gasteiger partial charge in [0.05, 0.1) is 16.6 Å². The molecule has 0 radical (unpaired) electrons. The molecular formula is C20H21ClFN5O. The molecule has 0 spiro atoms. The Balaban J connectivity index is 1.87. The second-order valence-electron chi connectivity index (χ2n) is 6.93. The molecule has 0 unspecified atom stereocenters. The first-order valence-corrected chi connectivity index (χ1v) is 9.24. The van der Waals surface area contributed by atoms with Gasteiger partial charge in [0.2, 0.25) is 5.91 Å². The van der Waals surface area contributed by atoms with Crippen molar-refractivity contribution in [1.29, 1.82) is 0 Å². The molecule has 6 nitrogen and oxygen atoms in total. The number of nitrogens with one attached hydrogen (secondary N) is 2. The molecule has 0 aliphatic heterocycles. The largest absolute Gasteiger partial charge is 0.340 e. The van der Waals surface area contributed by atoms with E-state index < -0.39 is 11.9 Å². The first-order valence-electron chi connectivity index (χ1n) is 8.86. The Hall–Kier alpha value is -2.77. The molecule has 3 aromatic rings. The maximum atomic E-state index is 13.4. The van der Waals surface area contributed by atoms with Crippen molar-refractivity contribution in [3.63, 3.8) is 0 Å². The standard InChI is InChI=1S/C20H21ClFN5O/c1-11(2)7-17(23)20(28)27-12-4-6-18-14(8-12)19(25-10-24-18)26-13-3-5-16(22)15(21)9-13/h3-6,8-11,17H,7,23H2,1-2H3,(H,27,28)(H,24,25,26)/t17-/m0/s1. The smallest absolute Gasteiger partial charge is 0.241 e. The van der Waals surface area contributed by atoms with Crippen LogP contribution < -0.4 is 16.4 Å². The topological polar surface area (TPSA) is 92.9 Å². The van der Waals surface area contributed by atoms with Crippen molar-refractivity contribution in [3.8, 4) is 0 Å². The molecule has 1 amide bonds. The van der Waals surface area contributed by atoms with Crippen molar-refractivity contribution in [2.45, 2.75) is 26.3 Å². The van der Waals surface area contributed by atoms with Gasteiger partial charge in [-0.25, -0.2) is 14.4 Å². The van der Waals surface area contributed by atoms with E-state index in [2.05, 4.69) is 20.6 Å². The second-order valence-corrected chi connectivity index (χ2v) is 7.34. The van der Waals surface area contributed by atoms with Crippen LogP contribution >= 0.6 is 11.6 Å². The van der Waals surface area contributed by atoms with Gasteiger partial charge in [-0.15, -0.1) is 0 Å². The molecule has 0 aliphatic carbocycles. The van der Waals surface area contributed by atoms with Gasteiger partial charge in [0.25, 0.3) is 0 Å². The van der Waals surface area contributed by atoms with Crippen LogP contribution in [0.4, 0.5) is 21.6 Å². The third-order valence-electron chi connectivity index (χ3n) is 4.15.